The Kier molecular flexibility index (Phi) is 15.3. The maximum Gasteiger partial charge on any atom is 0.251 e. The first-order chi connectivity index (χ1) is 18.7. The molecule has 2 amide bonds. The molecule has 5 N–H and O–H groups in total. The summed E-state index contributed by atoms with van der Waals surface area (Å²) in [5.41, 5.74) is 0. The van der Waals surface area contributed by atoms with E-state index in [1.807, 2.05) is 0 Å². The van der Waals surface area contributed by atoms with Crippen LogP contribution in [0.3, 0.4) is 0 Å². The van der Waals surface area contributed by atoms with Gasteiger partial charge < -0.3 is 30.5 Å². The van der Waals surface area contributed by atoms with Gasteiger partial charge >= 0.3 is 0 Å². The lowest BCUT2D eigenvalue weighted by Crippen LogP contribution is -2.56. The number of unbranched alkanes of at least 4 members (excludes halogenated alkanes) is 7. The number of nitrogens with zero attached hydrogens (tertiary/aromatic N) is 4. The van der Waals surface area contributed by atoms with E-state index in [0.717, 1.165) is 23.9 Å². The van der Waals surface area contributed by atoms with Gasteiger partial charge in [0.2, 0.25) is 5.91 Å². The average Bonchev–Trinajstić information content (AvgIpc) is 3.42. The highest BCUT2D eigenvalue weighted by Gasteiger charge is 2.45. The number of ether oxygens (including phenoxy) is 1. The second-order valence-electron chi connectivity index (χ2n) is 9.84. The number of thioether (sulfide) groups is 1. The lowest BCUT2D eigenvalue weighted by atomic mass is 9.98. The Bertz CT molecular complexity index is 858. The van der Waals surface area contributed by atoms with Crippen molar-refractivity contribution in [3.05, 3.63) is 19.5 Å². The Labute approximate surface area is 235 Å². The number of aliphatic hydroxyl groups excluding tert-OH is 4. The third-order valence-electron chi connectivity index (χ3n) is 6.71. The fourth-order valence-electron chi connectivity index (χ4n) is 4.32. The summed E-state index contributed by atoms with van der Waals surface area (Å²) < 4.78 is 6.61. The summed E-state index contributed by atoms with van der Waals surface area (Å²) in [6.45, 7) is 5.31. The Morgan fingerprint density at radius 2 is 1.82 bits per heavy atom. The molecule has 2 rings (SSSR count). The highest BCUT2D eigenvalue weighted by molar-refractivity contribution is 7.99. The number of amides is 2. The molecule has 222 valence electrons. The number of hydrogen-bond donors (Lipinski definition) is 5. The minimum Gasteiger partial charge on any atom is -0.394 e. The molecule has 39 heavy (non-hydrogen) atoms. The number of likely N-dealkylation sites (N-methyl/N-ethyl adjacent to an activating group) is 1. The van der Waals surface area contributed by atoms with Crippen molar-refractivity contribution in [3.8, 4) is 0 Å². The number of aliphatic hydroxyl groups is 4. The van der Waals surface area contributed by atoms with E-state index in [0.29, 0.717) is 17.9 Å². The van der Waals surface area contributed by atoms with Gasteiger partial charge in [-0.3, -0.25) is 14.5 Å². The molecule has 2 radical (unpaired) electrons. The van der Waals surface area contributed by atoms with Crippen LogP contribution in [0.25, 0.3) is 0 Å². The summed E-state index contributed by atoms with van der Waals surface area (Å²) in [6, 6.07) is -0.793. The van der Waals surface area contributed by atoms with Crippen molar-refractivity contribution in [3.63, 3.8) is 0 Å². The number of carbonyl (C=O) groups is 2. The number of anilines is 1. The van der Waals surface area contributed by atoms with Crippen LogP contribution in [0.15, 0.2) is 6.20 Å². The van der Waals surface area contributed by atoms with Crippen molar-refractivity contribution in [2.24, 2.45) is 0 Å². The summed E-state index contributed by atoms with van der Waals surface area (Å²) in [5, 5.41) is 50.6. The Hall–Kier alpha value is -1.77. The van der Waals surface area contributed by atoms with E-state index in [1.165, 1.54) is 62.0 Å². The number of hydrogen-bond acceptors (Lipinski definition) is 10. The molecule has 12 nitrogen and oxygen atoms in total. The van der Waals surface area contributed by atoms with E-state index in [-0.39, 0.29) is 11.7 Å². The third kappa shape index (κ3) is 10.3. The van der Waals surface area contributed by atoms with Gasteiger partial charge in [-0.25, -0.2) is 4.68 Å². The summed E-state index contributed by atoms with van der Waals surface area (Å²) in [5.74, 6) is 0.523. The number of nitrogens with one attached hydrogen (secondary N) is 1. The SMILES string of the molecule is [CH2][CH]CSC[C@@H](NC(=O)CCCCCCCCCC)C(=O)N(C)c1cn([C@@H]2OC(CO)C(O)C(O)C2O)nn1. The van der Waals surface area contributed by atoms with Crippen LogP contribution in [0.2, 0.25) is 0 Å². The summed E-state index contributed by atoms with van der Waals surface area (Å²) in [6.07, 6.45) is 5.44. The molecule has 0 aliphatic carbocycles. The van der Waals surface area contributed by atoms with Crippen LogP contribution in [0.1, 0.15) is 70.9 Å². The average molecular weight is 572 g/mol. The number of aromatic nitrogens is 3. The first kappa shape index (κ1) is 33.4. The Balaban J connectivity index is 1.96. The summed E-state index contributed by atoms with van der Waals surface area (Å²) in [4.78, 5) is 27.2. The third-order valence-corrected chi connectivity index (χ3v) is 7.75. The molecule has 0 spiro atoms. The van der Waals surface area contributed by atoms with Crippen LogP contribution in [-0.2, 0) is 14.3 Å². The highest BCUT2D eigenvalue weighted by Crippen LogP contribution is 2.28. The maximum absolute atomic E-state index is 13.3. The standard InChI is InChI=1S/C26H45N5O7S/c1-4-6-7-8-9-10-11-12-13-21(33)27-18(17-39-14-5-2)25(37)30(3)20-15-31(29-28-20)26-24(36)23(35)22(34)19(16-32)38-26/h5,15,18-19,22-24,26,32,34-36H,2,4,6-14,16-17H2,1,3H3,(H,27,33)/t18-,19?,22?,23?,24?,26-/m1/s1. The fraction of sp³-hybridized carbons (Fsp3) is 0.769. The van der Waals surface area contributed by atoms with Crippen LogP contribution in [0.5, 0.6) is 0 Å². The van der Waals surface area contributed by atoms with Crippen molar-refractivity contribution in [2.45, 2.75) is 101 Å². The Morgan fingerprint density at radius 3 is 2.46 bits per heavy atom. The normalized spacial score (nSPS) is 23.9. The van der Waals surface area contributed by atoms with Crippen molar-refractivity contribution in [1.82, 2.24) is 20.3 Å². The molecule has 1 aliphatic heterocycles. The van der Waals surface area contributed by atoms with Gasteiger partial charge in [0.25, 0.3) is 5.91 Å². The predicted molar refractivity (Wildman–Crippen MR) is 149 cm³/mol. The van der Waals surface area contributed by atoms with Crippen molar-refractivity contribution in [1.29, 1.82) is 0 Å². The molecule has 0 saturated carbocycles. The number of carbonyl (C=O) groups excluding carboxylic acids is 2. The van der Waals surface area contributed by atoms with Gasteiger partial charge in [-0.2, -0.15) is 11.8 Å². The molecule has 13 heteroatoms. The van der Waals surface area contributed by atoms with Gasteiger partial charge in [0.05, 0.1) is 12.8 Å². The van der Waals surface area contributed by atoms with Crippen LogP contribution in [0.4, 0.5) is 5.82 Å². The topological polar surface area (TPSA) is 170 Å². The van der Waals surface area contributed by atoms with Crippen LogP contribution < -0.4 is 10.2 Å². The fourth-order valence-corrected chi connectivity index (χ4v) is 5.09. The quantitative estimate of drug-likeness (QED) is 0.160. The lowest BCUT2D eigenvalue weighted by molar-refractivity contribution is -0.254. The monoisotopic (exact) mass is 571 g/mol. The van der Waals surface area contributed by atoms with Crippen molar-refractivity contribution < 1.29 is 34.8 Å². The van der Waals surface area contributed by atoms with Crippen molar-refractivity contribution >= 4 is 29.4 Å². The molecule has 1 aromatic heterocycles. The highest BCUT2D eigenvalue weighted by atomic mass is 32.2. The molecular formula is C26H45N5O7S. The second kappa shape index (κ2) is 17.8. The van der Waals surface area contributed by atoms with Crippen molar-refractivity contribution in [2.75, 3.05) is 30.1 Å². The molecule has 4 unspecified atom stereocenters. The minimum atomic E-state index is -1.57. The minimum absolute atomic E-state index is 0.132. The summed E-state index contributed by atoms with van der Waals surface area (Å²) >= 11 is 1.47. The molecule has 1 fully saturated rings. The van der Waals surface area contributed by atoms with Gasteiger partial charge in [0.15, 0.2) is 12.0 Å². The van der Waals surface area contributed by atoms with E-state index < -0.39 is 49.2 Å². The van der Waals surface area contributed by atoms with Gasteiger partial charge in [-0.1, -0.05) is 57.1 Å². The van der Waals surface area contributed by atoms with Crippen LogP contribution >= 0.6 is 11.8 Å². The Morgan fingerprint density at radius 1 is 1.15 bits per heavy atom. The molecule has 1 aromatic rings. The van der Waals surface area contributed by atoms with E-state index in [1.54, 1.807) is 6.42 Å². The largest absolute Gasteiger partial charge is 0.394 e. The molecule has 6 atom stereocenters. The molecular weight excluding hydrogens is 526 g/mol. The van der Waals surface area contributed by atoms with Crippen LogP contribution in [-0.4, -0.2) is 103 Å². The second-order valence-corrected chi connectivity index (χ2v) is 10.9. The smallest absolute Gasteiger partial charge is 0.251 e. The van der Waals surface area contributed by atoms with Gasteiger partial charge in [-0.05, 0) is 25.5 Å². The molecule has 0 aromatic carbocycles. The van der Waals surface area contributed by atoms with Gasteiger partial charge in [0, 0.05) is 19.2 Å². The zero-order valence-corrected chi connectivity index (χ0v) is 23.8. The van der Waals surface area contributed by atoms with Crippen LogP contribution in [0, 0.1) is 13.3 Å². The first-order valence-corrected chi connectivity index (χ1v) is 14.9. The summed E-state index contributed by atoms with van der Waals surface area (Å²) in [7, 11) is 1.50. The molecule has 1 saturated heterocycles. The predicted octanol–water partition coefficient (Wildman–Crippen LogP) is 1.00. The molecule has 1 aliphatic rings. The zero-order chi connectivity index (χ0) is 28.8. The van der Waals surface area contributed by atoms with E-state index >= 15 is 0 Å². The lowest BCUT2D eigenvalue weighted by Gasteiger charge is -2.39. The first-order valence-electron chi connectivity index (χ1n) is 13.7. The van der Waals surface area contributed by atoms with E-state index in [9.17, 15) is 30.0 Å². The van der Waals surface area contributed by atoms with E-state index in [2.05, 4.69) is 29.5 Å². The molecule has 0 bridgehead atoms. The zero-order valence-electron chi connectivity index (χ0n) is 23.0. The maximum atomic E-state index is 13.3. The van der Waals surface area contributed by atoms with Gasteiger partial charge in [0.1, 0.15) is 30.5 Å². The van der Waals surface area contributed by atoms with E-state index in [4.69, 9.17) is 4.74 Å². The van der Waals surface area contributed by atoms with Gasteiger partial charge in [-0.15, -0.1) is 5.10 Å². The number of rotatable bonds is 18. The molecule has 2 heterocycles.